The molecule has 0 unspecified atom stereocenters. The minimum absolute atomic E-state index is 0.0882. The number of anilines is 3. The molecule has 0 N–H and O–H groups in total. The fourth-order valence-corrected chi connectivity index (χ4v) is 13.8. The Morgan fingerprint density at radius 2 is 0.701 bits per heavy atom. The predicted octanol–water partition coefficient (Wildman–Crippen LogP) is 19.5. The van der Waals surface area contributed by atoms with E-state index in [1.54, 1.807) is 0 Å². The van der Waals surface area contributed by atoms with E-state index in [0.717, 1.165) is 67.9 Å². The van der Waals surface area contributed by atoms with E-state index in [-0.39, 0.29) is 10.8 Å². The summed E-state index contributed by atoms with van der Waals surface area (Å²) in [6.07, 6.45) is 0. The van der Waals surface area contributed by atoms with E-state index in [1.807, 2.05) is 0 Å². The van der Waals surface area contributed by atoms with Gasteiger partial charge in [-0.05, 0) is 137 Å². The maximum Gasteiger partial charge on any atom is 0.132 e. The largest absolute Gasteiger partial charge is 0.457 e. The van der Waals surface area contributed by atoms with E-state index in [9.17, 15) is 0 Å². The van der Waals surface area contributed by atoms with Crippen molar-refractivity contribution in [1.82, 2.24) is 0 Å². The zero-order valence-corrected chi connectivity index (χ0v) is 44.3. The Balaban J connectivity index is 1.05. The lowest BCUT2D eigenvalue weighted by atomic mass is 9.65. The standard InChI is InChI=1S/C74H57NO2/c1-71(2,3)47-34-38-54-55-39-35-48(72(4,5)6)43-63(55)74(62(54)42-47)61-29-14-18-33-69(61)77-70-41-37-50(45-65(70)74)75(66-30-15-10-24-57(66)52-25-19-21-46-20-7-8-22-51(46)52)49-36-40-56-53-23-9-11-26-58(53)73(64(56)44-49)59-27-12-16-31-67(59)76-68-32-17-13-28-60(68)73/h7-45H,1-6H3. The molecule has 4 aliphatic rings. The van der Waals surface area contributed by atoms with Crippen LogP contribution >= 0.6 is 0 Å². The van der Waals surface area contributed by atoms with Crippen LogP contribution in [0.15, 0.2) is 237 Å². The first-order valence-electron chi connectivity index (χ1n) is 27.1. The predicted molar refractivity (Wildman–Crippen MR) is 316 cm³/mol. The average Bonchev–Trinajstić information content (AvgIpc) is 4.17. The van der Waals surface area contributed by atoms with Crippen LogP contribution in [0.25, 0.3) is 44.2 Å². The first kappa shape index (κ1) is 45.5. The maximum atomic E-state index is 7.18. The molecule has 0 saturated heterocycles. The van der Waals surface area contributed by atoms with Gasteiger partial charge < -0.3 is 14.4 Å². The molecule has 0 aromatic heterocycles. The number of rotatable bonds is 4. The second-order valence-electron chi connectivity index (χ2n) is 23.5. The van der Waals surface area contributed by atoms with E-state index in [2.05, 4.69) is 283 Å². The molecule has 3 heteroatoms. The minimum atomic E-state index is -0.715. The van der Waals surface area contributed by atoms with E-state index in [4.69, 9.17) is 9.47 Å². The van der Waals surface area contributed by atoms with Crippen molar-refractivity contribution in [1.29, 1.82) is 0 Å². The number of hydrogen-bond donors (Lipinski definition) is 0. The van der Waals surface area contributed by atoms with Gasteiger partial charge in [-0.2, -0.15) is 0 Å². The summed E-state index contributed by atoms with van der Waals surface area (Å²) in [7, 11) is 0. The SMILES string of the molecule is CC(C)(C)c1ccc2c(c1)C1(c3ccccc3Oc3ccc(N(c4ccc5c(c4)C4(c6ccccc6Oc6ccccc64)c4ccccc4-5)c4ccccc4-c4cccc5ccccc45)cc31)c1cc(C(C)(C)C)ccc1-2. The quantitative estimate of drug-likeness (QED) is 0.175. The van der Waals surface area contributed by atoms with Crippen molar-refractivity contribution < 1.29 is 9.47 Å². The normalized spacial score (nSPS) is 14.5. The van der Waals surface area contributed by atoms with Gasteiger partial charge in [0.15, 0.2) is 0 Å². The van der Waals surface area contributed by atoms with Crippen molar-refractivity contribution >= 4 is 27.8 Å². The maximum absolute atomic E-state index is 7.18. The molecule has 0 radical (unpaired) electrons. The van der Waals surface area contributed by atoms with Gasteiger partial charge in [-0.15, -0.1) is 0 Å². The highest BCUT2D eigenvalue weighted by Crippen LogP contribution is 2.65. The molecule has 77 heavy (non-hydrogen) atoms. The lowest BCUT2D eigenvalue weighted by molar-refractivity contribution is 0.436. The summed E-state index contributed by atoms with van der Waals surface area (Å²) in [4.78, 5) is 2.52. The molecule has 2 aliphatic heterocycles. The van der Waals surface area contributed by atoms with Crippen LogP contribution in [0.5, 0.6) is 23.0 Å². The average molecular weight is 992 g/mol. The zero-order chi connectivity index (χ0) is 52.0. The Hall–Kier alpha value is -8.92. The molecule has 11 aromatic carbocycles. The third kappa shape index (κ3) is 6.38. The van der Waals surface area contributed by atoms with Gasteiger partial charge in [-0.1, -0.05) is 224 Å². The Kier molecular flexibility index (Phi) is 9.62. The highest BCUT2D eigenvalue weighted by atomic mass is 16.5. The summed E-state index contributed by atoms with van der Waals surface area (Å²) in [5, 5.41) is 2.41. The topological polar surface area (TPSA) is 21.7 Å². The highest BCUT2D eigenvalue weighted by Gasteiger charge is 2.53. The number of benzene rings is 11. The highest BCUT2D eigenvalue weighted by molar-refractivity contribution is 6.02. The molecule has 2 aliphatic carbocycles. The molecule has 3 nitrogen and oxygen atoms in total. The number of ether oxygens (including phenoxy) is 2. The van der Waals surface area contributed by atoms with Crippen molar-refractivity contribution in [3.63, 3.8) is 0 Å². The third-order valence-electron chi connectivity index (χ3n) is 17.3. The van der Waals surface area contributed by atoms with E-state index >= 15 is 0 Å². The first-order valence-corrected chi connectivity index (χ1v) is 27.1. The van der Waals surface area contributed by atoms with Gasteiger partial charge in [-0.3, -0.25) is 0 Å². The summed E-state index contributed by atoms with van der Waals surface area (Å²) < 4.78 is 14.0. The van der Waals surface area contributed by atoms with E-state index in [0.29, 0.717) is 0 Å². The molecule has 370 valence electrons. The van der Waals surface area contributed by atoms with Crippen molar-refractivity contribution in [3.8, 4) is 56.4 Å². The third-order valence-corrected chi connectivity index (χ3v) is 17.3. The van der Waals surface area contributed by atoms with Gasteiger partial charge in [0.2, 0.25) is 0 Å². The van der Waals surface area contributed by atoms with Crippen molar-refractivity contribution in [3.05, 3.63) is 292 Å². The van der Waals surface area contributed by atoms with Gasteiger partial charge in [0.25, 0.3) is 0 Å². The molecule has 11 aromatic rings. The number of fused-ring (bicyclic) bond motifs is 19. The monoisotopic (exact) mass is 991 g/mol. The molecule has 0 atom stereocenters. The second-order valence-corrected chi connectivity index (χ2v) is 23.5. The fraction of sp³-hybridized carbons (Fsp3) is 0.135. The molecule has 0 saturated carbocycles. The van der Waals surface area contributed by atoms with Crippen LogP contribution in [0.1, 0.15) is 97.2 Å². The van der Waals surface area contributed by atoms with Crippen LogP contribution in [0.4, 0.5) is 17.1 Å². The second kappa shape index (κ2) is 16.3. The lowest BCUT2D eigenvalue weighted by Gasteiger charge is -2.41. The summed E-state index contributed by atoms with van der Waals surface area (Å²) >= 11 is 0. The van der Waals surface area contributed by atoms with Crippen LogP contribution in [-0.2, 0) is 21.7 Å². The van der Waals surface area contributed by atoms with Gasteiger partial charge in [0, 0.05) is 39.2 Å². The van der Waals surface area contributed by atoms with Crippen molar-refractivity contribution in [2.75, 3.05) is 4.90 Å². The summed E-state index contributed by atoms with van der Waals surface area (Å²) in [5.74, 6) is 3.49. The number of nitrogens with zero attached hydrogens (tertiary/aromatic N) is 1. The molecule has 2 heterocycles. The van der Waals surface area contributed by atoms with Gasteiger partial charge in [0.1, 0.15) is 23.0 Å². The summed E-state index contributed by atoms with van der Waals surface area (Å²) in [6.45, 7) is 14.0. The number of para-hydroxylation sites is 4. The van der Waals surface area contributed by atoms with Crippen LogP contribution in [-0.4, -0.2) is 0 Å². The van der Waals surface area contributed by atoms with Crippen molar-refractivity contribution in [2.24, 2.45) is 0 Å². The molecule has 0 bridgehead atoms. The molecular formula is C74H57NO2. The number of hydrogen-bond acceptors (Lipinski definition) is 3. The smallest absolute Gasteiger partial charge is 0.132 e. The Morgan fingerprint density at radius 3 is 1.30 bits per heavy atom. The Labute approximate surface area is 451 Å². The van der Waals surface area contributed by atoms with E-state index < -0.39 is 10.8 Å². The van der Waals surface area contributed by atoms with Gasteiger partial charge in [0.05, 0.1) is 16.5 Å². The summed E-state index contributed by atoms with van der Waals surface area (Å²) in [5.41, 5.74) is 21.1. The molecule has 15 rings (SSSR count). The Morgan fingerprint density at radius 1 is 0.299 bits per heavy atom. The van der Waals surface area contributed by atoms with Crippen LogP contribution in [0.3, 0.4) is 0 Å². The van der Waals surface area contributed by atoms with Crippen molar-refractivity contribution in [2.45, 2.75) is 63.2 Å². The molecule has 2 spiro atoms. The zero-order valence-electron chi connectivity index (χ0n) is 44.3. The van der Waals surface area contributed by atoms with E-state index in [1.165, 1.54) is 72.0 Å². The Bertz CT molecular complexity index is 4160. The van der Waals surface area contributed by atoms with Crippen LogP contribution in [0, 0.1) is 0 Å². The summed E-state index contributed by atoms with van der Waals surface area (Å²) in [6, 6.07) is 88.2. The van der Waals surface area contributed by atoms with Crippen LogP contribution in [0.2, 0.25) is 0 Å². The molecular weight excluding hydrogens is 935 g/mol. The first-order chi connectivity index (χ1) is 37.4. The molecule has 0 amide bonds. The van der Waals surface area contributed by atoms with Crippen LogP contribution < -0.4 is 14.4 Å². The van der Waals surface area contributed by atoms with Gasteiger partial charge >= 0.3 is 0 Å². The fourth-order valence-electron chi connectivity index (χ4n) is 13.8. The minimum Gasteiger partial charge on any atom is -0.457 e. The lowest BCUT2D eigenvalue weighted by Crippen LogP contribution is -2.33. The van der Waals surface area contributed by atoms with Gasteiger partial charge in [-0.25, -0.2) is 0 Å². The molecule has 0 fully saturated rings.